The van der Waals surface area contributed by atoms with Crippen LogP contribution in [0.15, 0.2) is 24.4 Å². The van der Waals surface area contributed by atoms with E-state index in [2.05, 4.69) is 10.3 Å². The second-order valence-electron chi connectivity index (χ2n) is 5.26. The zero-order valence-corrected chi connectivity index (χ0v) is 11.6. The molecule has 2 aromatic rings. The first-order chi connectivity index (χ1) is 9.78. The number of hydrogen-bond acceptors (Lipinski definition) is 4. The first-order valence-electron chi connectivity index (χ1n) is 7.04. The molecule has 1 N–H and O–H groups in total. The van der Waals surface area contributed by atoms with E-state index in [0.29, 0.717) is 11.6 Å². The summed E-state index contributed by atoms with van der Waals surface area (Å²) in [5.74, 6) is 0.351. The van der Waals surface area contributed by atoms with Crippen LogP contribution in [-0.4, -0.2) is 35.6 Å². The molecule has 5 heteroatoms. The molecule has 20 heavy (non-hydrogen) atoms. The lowest BCUT2D eigenvalue weighted by Crippen LogP contribution is -2.28. The minimum absolute atomic E-state index is 0.332. The number of rotatable bonds is 3. The van der Waals surface area contributed by atoms with Crippen LogP contribution in [0.2, 0.25) is 0 Å². The van der Waals surface area contributed by atoms with E-state index in [1.807, 2.05) is 22.7 Å². The SMILES string of the molecule is COC(=O)c1cccc2nc(CC3CCNCC3)cn12. The second kappa shape index (κ2) is 5.63. The van der Waals surface area contributed by atoms with Crippen LogP contribution in [0.4, 0.5) is 0 Å². The number of nitrogens with zero attached hydrogens (tertiary/aromatic N) is 2. The van der Waals surface area contributed by atoms with Crippen molar-refractivity contribution in [1.82, 2.24) is 14.7 Å². The van der Waals surface area contributed by atoms with Gasteiger partial charge in [0, 0.05) is 6.20 Å². The van der Waals surface area contributed by atoms with Gasteiger partial charge in [-0.25, -0.2) is 9.78 Å². The van der Waals surface area contributed by atoms with Crippen LogP contribution >= 0.6 is 0 Å². The maximum atomic E-state index is 11.7. The van der Waals surface area contributed by atoms with Crippen LogP contribution < -0.4 is 5.32 Å². The highest BCUT2D eigenvalue weighted by Gasteiger charge is 2.17. The summed E-state index contributed by atoms with van der Waals surface area (Å²) in [4.78, 5) is 16.4. The number of carbonyl (C=O) groups excluding carboxylic acids is 1. The largest absolute Gasteiger partial charge is 0.464 e. The number of nitrogens with one attached hydrogen (secondary N) is 1. The molecular weight excluding hydrogens is 254 g/mol. The molecule has 1 aliphatic heterocycles. The van der Waals surface area contributed by atoms with Crippen molar-refractivity contribution in [1.29, 1.82) is 0 Å². The van der Waals surface area contributed by atoms with Gasteiger partial charge in [0.1, 0.15) is 11.3 Å². The summed E-state index contributed by atoms with van der Waals surface area (Å²) in [6.07, 6.45) is 5.32. The number of hydrogen-bond donors (Lipinski definition) is 1. The molecule has 0 radical (unpaired) electrons. The van der Waals surface area contributed by atoms with Gasteiger partial charge >= 0.3 is 5.97 Å². The van der Waals surface area contributed by atoms with Gasteiger partial charge in [-0.15, -0.1) is 0 Å². The molecule has 0 aromatic carbocycles. The van der Waals surface area contributed by atoms with E-state index in [9.17, 15) is 4.79 Å². The Bertz CT molecular complexity index is 615. The quantitative estimate of drug-likeness (QED) is 0.864. The third kappa shape index (κ3) is 2.54. The highest BCUT2D eigenvalue weighted by Crippen LogP contribution is 2.19. The number of fused-ring (bicyclic) bond motifs is 1. The smallest absolute Gasteiger partial charge is 0.355 e. The van der Waals surface area contributed by atoms with E-state index < -0.39 is 0 Å². The Balaban J connectivity index is 1.88. The van der Waals surface area contributed by atoms with Crippen molar-refractivity contribution in [3.8, 4) is 0 Å². The molecule has 0 unspecified atom stereocenters. The Kier molecular flexibility index (Phi) is 3.69. The van der Waals surface area contributed by atoms with Gasteiger partial charge in [-0.3, -0.25) is 4.40 Å². The van der Waals surface area contributed by atoms with Crippen molar-refractivity contribution in [2.24, 2.45) is 5.92 Å². The van der Waals surface area contributed by atoms with E-state index in [-0.39, 0.29) is 5.97 Å². The van der Waals surface area contributed by atoms with E-state index in [0.717, 1.165) is 30.9 Å². The van der Waals surface area contributed by atoms with E-state index >= 15 is 0 Å². The van der Waals surface area contributed by atoms with Crippen molar-refractivity contribution in [2.75, 3.05) is 20.2 Å². The minimum atomic E-state index is -0.332. The topological polar surface area (TPSA) is 55.6 Å². The van der Waals surface area contributed by atoms with Crippen LogP contribution in [-0.2, 0) is 11.2 Å². The maximum absolute atomic E-state index is 11.7. The number of piperidine rings is 1. The van der Waals surface area contributed by atoms with Crippen LogP contribution in [0.1, 0.15) is 29.0 Å². The summed E-state index contributed by atoms with van der Waals surface area (Å²) < 4.78 is 6.63. The van der Waals surface area contributed by atoms with E-state index in [1.165, 1.54) is 20.0 Å². The standard InChI is InChI=1S/C15H19N3O2/c1-20-15(19)13-3-2-4-14-17-12(10-18(13)14)9-11-5-7-16-8-6-11/h2-4,10-11,16H,5-9H2,1H3. The van der Waals surface area contributed by atoms with Gasteiger partial charge in [0.2, 0.25) is 0 Å². The predicted molar refractivity (Wildman–Crippen MR) is 75.8 cm³/mol. The van der Waals surface area contributed by atoms with Crippen molar-refractivity contribution >= 4 is 11.6 Å². The third-order valence-electron chi connectivity index (χ3n) is 3.89. The fraction of sp³-hybridized carbons (Fsp3) is 0.467. The van der Waals surface area contributed by atoms with E-state index in [1.54, 1.807) is 6.07 Å². The molecule has 5 nitrogen and oxygen atoms in total. The number of carbonyl (C=O) groups is 1. The molecule has 1 aliphatic rings. The van der Waals surface area contributed by atoms with Crippen molar-refractivity contribution in [2.45, 2.75) is 19.3 Å². The molecule has 1 saturated heterocycles. The van der Waals surface area contributed by atoms with Gasteiger partial charge in [0.05, 0.1) is 12.8 Å². The first kappa shape index (κ1) is 13.1. The zero-order chi connectivity index (χ0) is 13.9. The van der Waals surface area contributed by atoms with Crippen molar-refractivity contribution in [3.05, 3.63) is 35.8 Å². The van der Waals surface area contributed by atoms with Gasteiger partial charge in [0.15, 0.2) is 0 Å². The molecule has 0 atom stereocenters. The molecule has 106 valence electrons. The number of aromatic nitrogens is 2. The van der Waals surface area contributed by atoms with Crippen LogP contribution in [0.5, 0.6) is 0 Å². The van der Waals surface area contributed by atoms with Gasteiger partial charge < -0.3 is 10.1 Å². The molecule has 0 spiro atoms. The number of pyridine rings is 1. The summed E-state index contributed by atoms with van der Waals surface area (Å²) in [6.45, 7) is 2.18. The molecule has 0 saturated carbocycles. The first-order valence-corrected chi connectivity index (χ1v) is 7.04. The number of ether oxygens (including phenoxy) is 1. The highest BCUT2D eigenvalue weighted by molar-refractivity contribution is 5.88. The fourth-order valence-corrected chi connectivity index (χ4v) is 2.81. The molecular formula is C15H19N3O2. The Morgan fingerprint density at radius 1 is 1.45 bits per heavy atom. The summed E-state index contributed by atoms with van der Waals surface area (Å²) in [5, 5.41) is 3.37. The Morgan fingerprint density at radius 2 is 2.25 bits per heavy atom. The Morgan fingerprint density at radius 3 is 3.00 bits per heavy atom. The van der Waals surface area contributed by atoms with Crippen LogP contribution in [0, 0.1) is 5.92 Å². The monoisotopic (exact) mass is 273 g/mol. The zero-order valence-electron chi connectivity index (χ0n) is 11.6. The maximum Gasteiger partial charge on any atom is 0.355 e. The summed E-state index contributed by atoms with van der Waals surface area (Å²) in [5.41, 5.74) is 2.37. The van der Waals surface area contributed by atoms with Crippen molar-refractivity contribution < 1.29 is 9.53 Å². The summed E-state index contributed by atoms with van der Waals surface area (Å²) >= 11 is 0. The molecule has 0 bridgehead atoms. The lowest BCUT2D eigenvalue weighted by atomic mass is 9.93. The average molecular weight is 273 g/mol. The predicted octanol–water partition coefficient (Wildman–Crippen LogP) is 1.66. The summed E-state index contributed by atoms with van der Waals surface area (Å²) in [6, 6.07) is 5.51. The van der Waals surface area contributed by atoms with Gasteiger partial charge in [-0.1, -0.05) is 6.07 Å². The number of methoxy groups -OCH3 is 1. The Labute approximate surface area is 118 Å². The fourth-order valence-electron chi connectivity index (χ4n) is 2.81. The number of esters is 1. The molecule has 2 aromatic heterocycles. The van der Waals surface area contributed by atoms with E-state index in [4.69, 9.17) is 4.74 Å². The Hall–Kier alpha value is -1.88. The van der Waals surface area contributed by atoms with Gasteiger partial charge in [-0.2, -0.15) is 0 Å². The average Bonchev–Trinajstić information content (AvgIpc) is 2.89. The van der Waals surface area contributed by atoms with Crippen molar-refractivity contribution in [3.63, 3.8) is 0 Å². The van der Waals surface area contributed by atoms with Crippen LogP contribution in [0.3, 0.4) is 0 Å². The number of imidazole rings is 1. The molecule has 1 fully saturated rings. The molecule has 3 heterocycles. The van der Waals surface area contributed by atoms with Crippen LogP contribution in [0.25, 0.3) is 5.65 Å². The second-order valence-corrected chi connectivity index (χ2v) is 5.26. The molecule has 0 aliphatic carbocycles. The third-order valence-corrected chi connectivity index (χ3v) is 3.89. The molecule has 3 rings (SSSR count). The lowest BCUT2D eigenvalue weighted by molar-refractivity contribution is 0.0592. The van der Waals surface area contributed by atoms with Gasteiger partial charge in [0.25, 0.3) is 0 Å². The van der Waals surface area contributed by atoms with Gasteiger partial charge in [-0.05, 0) is 50.4 Å². The highest BCUT2D eigenvalue weighted by atomic mass is 16.5. The normalized spacial score (nSPS) is 16.4. The minimum Gasteiger partial charge on any atom is -0.464 e. The lowest BCUT2D eigenvalue weighted by Gasteiger charge is -2.21. The summed E-state index contributed by atoms with van der Waals surface area (Å²) in [7, 11) is 1.40. The molecule has 0 amide bonds.